The lowest BCUT2D eigenvalue weighted by Crippen LogP contribution is -2.26. The standard InChI is InChI=1S/C24H24ClN7O2/c1-14(2)31-7-6-22-29-17(12-32(22)24(31)34)11-26-20-10-21(28-13-27-20)30-23(33)19-9-18(19)15-4-3-5-16(25)8-15/h3-8,10,12-14,18-19H,9,11H2,1-2H3,(H2,26,27,28,30,33)/t18?,19-/m0/s1. The highest BCUT2D eigenvalue weighted by molar-refractivity contribution is 6.30. The van der Waals surface area contributed by atoms with Gasteiger partial charge in [0.1, 0.15) is 23.6 Å². The number of carbonyl (C=O) groups excluding carboxylic acids is 1. The fraction of sp³-hybridized carbons (Fsp3) is 0.292. The van der Waals surface area contributed by atoms with E-state index in [9.17, 15) is 9.59 Å². The van der Waals surface area contributed by atoms with E-state index in [0.717, 1.165) is 12.0 Å². The number of imidazole rings is 1. The second kappa shape index (κ2) is 8.90. The first-order valence-electron chi connectivity index (χ1n) is 11.1. The molecule has 1 aliphatic rings. The van der Waals surface area contributed by atoms with Gasteiger partial charge >= 0.3 is 5.69 Å². The summed E-state index contributed by atoms with van der Waals surface area (Å²) in [6.45, 7) is 4.28. The van der Waals surface area contributed by atoms with Gasteiger partial charge in [-0.15, -0.1) is 0 Å². The summed E-state index contributed by atoms with van der Waals surface area (Å²) < 4.78 is 3.19. The summed E-state index contributed by atoms with van der Waals surface area (Å²) in [4.78, 5) is 38.1. The minimum Gasteiger partial charge on any atom is -0.364 e. The normalized spacial score (nSPS) is 17.2. The maximum absolute atomic E-state index is 12.7. The van der Waals surface area contributed by atoms with Crippen molar-refractivity contribution in [3.05, 3.63) is 81.9 Å². The van der Waals surface area contributed by atoms with Gasteiger partial charge in [-0.25, -0.2) is 19.7 Å². The van der Waals surface area contributed by atoms with Crippen LogP contribution in [0.5, 0.6) is 0 Å². The van der Waals surface area contributed by atoms with Crippen LogP contribution in [0, 0.1) is 5.92 Å². The molecule has 1 aromatic carbocycles. The van der Waals surface area contributed by atoms with E-state index in [1.165, 1.54) is 10.7 Å². The Bertz CT molecular complexity index is 1430. The first-order valence-corrected chi connectivity index (χ1v) is 11.5. The number of nitrogens with zero attached hydrogens (tertiary/aromatic N) is 5. The molecule has 1 saturated carbocycles. The van der Waals surface area contributed by atoms with Gasteiger partial charge in [0.15, 0.2) is 0 Å². The number of hydrogen-bond donors (Lipinski definition) is 2. The van der Waals surface area contributed by atoms with Crippen LogP contribution in [-0.2, 0) is 11.3 Å². The Hall–Kier alpha value is -3.72. The number of aromatic nitrogens is 5. The molecule has 2 atom stereocenters. The quantitative estimate of drug-likeness (QED) is 0.418. The predicted octanol–water partition coefficient (Wildman–Crippen LogP) is 3.87. The van der Waals surface area contributed by atoms with Gasteiger partial charge in [-0.05, 0) is 49.9 Å². The maximum atomic E-state index is 12.7. The zero-order valence-corrected chi connectivity index (χ0v) is 19.5. The highest BCUT2D eigenvalue weighted by Gasteiger charge is 2.44. The molecule has 5 rings (SSSR count). The predicted molar refractivity (Wildman–Crippen MR) is 130 cm³/mol. The molecule has 1 amide bonds. The average molecular weight is 478 g/mol. The smallest absolute Gasteiger partial charge is 0.334 e. The van der Waals surface area contributed by atoms with Gasteiger partial charge < -0.3 is 10.6 Å². The lowest BCUT2D eigenvalue weighted by Gasteiger charge is -2.08. The summed E-state index contributed by atoms with van der Waals surface area (Å²) in [7, 11) is 0. The molecule has 174 valence electrons. The minimum absolute atomic E-state index is 0.0620. The summed E-state index contributed by atoms with van der Waals surface area (Å²) in [5.41, 5.74) is 2.23. The summed E-state index contributed by atoms with van der Waals surface area (Å²) >= 11 is 6.07. The number of hydrogen-bond acceptors (Lipinski definition) is 6. The Labute approximate surface area is 200 Å². The Kier molecular flexibility index (Phi) is 5.79. The molecule has 0 spiro atoms. The molecule has 10 heteroatoms. The second-order valence-corrected chi connectivity index (χ2v) is 9.13. The zero-order chi connectivity index (χ0) is 23.8. The van der Waals surface area contributed by atoms with E-state index in [1.54, 1.807) is 23.0 Å². The van der Waals surface area contributed by atoms with E-state index < -0.39 is 0 Å². The third kappa shape index (κ3) is 4.51. The molecule has 3 heterocycles. The number of fused-ring (bicyclic) bond motifs is 1. The molecule has 1 unspecified atom stereocenters. The summed E-state index contributed by atoms with van der Waals surface area (Å²) in [6.07, 6.45) is 5.65. The fourth-order valence-corrected chi connectivity index (χ4v) is 4.24. The summed E-state index contributed by atoms with van der Waals surface area (Å²) in [5.74, 6) is 0.973. The van der Waals surface area contributed by atoms with Gasteiger partial charge in [-0.1, -0.05) is 23.7 Å². The van der Waals surface area contributed by atoms with Crippen molar-refractivity contribution in [2.24, 2.45) is 5.92 Å². The molecule has 2 N–H and O–H groups in total. The molecule has 3 aromatic heterocycles. The lowest BCUT2D eigenvalue weighted by molar-refractivity contribution is -0.117. The van der Waals surface area contributed by atoms with E-state index in [0.29, 0.717) is 34.5 Å². The van der Waals surface area contributed by atoms with Crippen molar-refractivity contribution in [1.82, 2.24) is 23.9 Å². The van der Waals surface area contributed by atoms with Crippen LogP contribution in [0.2, 0.25) is 5.02 Å². The number of anilines is 2. The van der Waals surface area contributed by atoms with E-state index in [2.05, 4.69) is 25.6 Å². The molecule has 34 heavy (non-hydrogen) atoms. The SMILES string of the molecule is CC(C)n1ccc2nc(CNc3cc(NC(=O)[C@H]4CC4c4cccc(Cl)c4)ncn3)cn2c1=O. The third-order valence-electron chi connectivity index (χ3n) is 5.92. The van der Waals surface area contributed by atoms with Gasteiger partial charge in [-0.2, -0.15) is 0 Å². The largest absolute Gasteiger partial charge is 0.364 e. The minimum atomic E-state index is -0.130. The highest BCUT2D eigenvalue weighted by atomic mass is 35.5. The number of rotatable bonds is 7. The van der Waals surface area contributed by atoms with Gasteiger partial charge in [0, 0.05) is 35.4 Å². The molecular weight excluding hydrogens is 454 g/mol. The van der Waals surface area contributed by atoms with Crippen molar-refractivity contribution < 1.29 is 4.79 Å². The van der Waals surface area contributed by atoms with Gasteiger partial charge in [0.05, 0.1) is 12.2 Å². The van der Waals surface area contributed by atoms with Crippen molar-refractivity contribution in [1.29, 1.82) is 0 Å². The maximum Gasteiger partial charge on any atom is 0.334 e. The Balaban J connectivity index is 1.22. The van der Waals surface area contributed by atoms with Crippen molar-refractivity contribution >= 4 is 34.8 Å². The molecule has 9 nitrogen and oxygen atoms in total. The number of halogens is 1. The van der Waals surface area contributed by atoms with Crippen LogP contribution in [0.25, 0.3) is 5.65 Å². The molecule has 0 bridgehead atoms. The van der Waals surface area contributed by atoms with Crippen LogP contribution in [0.15, 0.2) is 59.9 Å². The van der Waals surface area contributed by atoms with Gasteiger partial charge in [0.25, 0.3) is 0 Å². The van der Waals surface area contributed by atoms with Crippen molar-refractivity contribution in [2.45, 2.75) is 38.8 Å². The topological polar surface area (TPSA) is 106 Å². The third-order valence-corrected chi connectivity index (χ3v) is 6.16. The summed E-state index contributed by atoms with van der Waals surface area (Å²) in [5, 5.41) is 6.72. The Morgan fingerprint density at radius 1 is 1.21 bits per heavy atom. The molecule has 1 aliphatic carbocycles. The monoisotopic (exact) mass is 477 g/mol. The van der Waals surface area contributed by atoms with Crippen LogP contribution in [0.1, 0.15) is 43.5 Å². The zero-order valence-electron chi connectivity index (χ0n) is 18.8. The highest BCUT2D eigenvalue weighted by Crippen LogP contribution is 2.48. The van der Waals surface area contributed by atoms with Crippen LogP contribution in [0.4, 0.5) is 11.6 Å². The molecule has 0 radical (unpaired) electrons. The average Bonchev–Trinajstić information content (AvgIpc) is 3.51. The molecular formula is C24H24ClN7O2. The van der Waals surface area contributed by atoms with Crippen LogP contribution < -0.4 is 16.3 Å². The van der Waals surface area contributed by atoms with Crippen molar-refractivity contribution in [3.8, 4) is 0 Å². The van der Waals surface area contributed by atoms with E-state index in [-0.39, 0.29) is 29.5 Å². The van der Waals surface area contributed by atoms with E-state index in [4.69, 9.17) is 11.6 Å². The Morgan fingerprint density at radius 2 is 2.03 bits per heavy atom. The number of amides is 1. The fourth-order valence-electron chi connectivity index (χ4n) is 4.04. The van der Waals surface area contributed by atoms with Crippen molar-refractivity contribution in [3.63, 3.8) is 0 Å². The van der Waals surface area contributed by atoms with Crippen LogP contribution >= 0.6 is 11.6 Å². The van der Waals surface area contributed by atoms with Crippen LogP contribution in [0.3, 0.4) is 0 Å². The number of carbonyl (C=O) groups is 1. The Morgan fingerprint density at radius 3 is 2.82 bits per heavy atom. The first kappa shape index (κ1) is 22.1. The van der Waals surface area contributed by atoms with E-state index in [1.807, 2.05) is 44.2 Å². The van der Waals surface area contributed by atoms with Crippen molar-refractivity contribution in [2.75, 3.05) is 10.6 Å². The van der Waals surface area contributed by atoms with Gasteiger partial charge in [0.2, 0.25) is 5.91 Å². The molecule has 1 fully saturated rings. The molecule has 0 saturated heterocycles. The summed E-state index contributed by atoms with van der Waals surface area (Å²) in [6, 6.07) is 11.2. The number of benzene rings is 1. The van der Waals surface area contributed by atoms with Crippen LogP contribution in [-0.4, -0.2) is 29.8 Å². The van der Waals surface area contributed by atoms with Gasteiger partial charge in [-0.3, -0.25) is 13.8 Å². The second-order valence-electron chi connectivity index (χ2n) is 8.69. The molecule has 0 aliphatic heterocycles. The number of nitrogens with one attached hydrogen (secondary N) is 2. The lowest BCUT2D eigenvalue weighted by atomic mass is 10.1. The molecule has 4 aromatic rings. The van der Waals surface area contributed by atoms with E-state index >= 15 is 0 Å². The first-order chi connectivity index (χ1) is 16.4.